The van der Waals surface area contributed by atoms with Gasteiger partial charge in [0.25, 0.3) is 5.56 Å². The second-order valence-corrected chi connectivity index (χ2v) is 4.82. The molecule has 0 atom stereocenters. The van der Waals surface area contributed by atoms with Crippen LogP contribution in [-0.4, -0.2) is 4.57 Å². The van der Waals surface area contributed by atoms with Crippen molar-refractivity contribution >= 4 is 0 Å². The van der Waals surface area contributed by atoms with Crippen molar-refractivity contribution in [2.75, 3.05) is 0 Å². The fraction of sp³-hybridized carbons (Fsp3) is 0.267. The average Bonchev–Trinajstić information content (AvgIpc) is 2.33. The Morgan fingerprint density at radius 3 is 2.32 bits per heavy atom. The summed E-state index contributed by atoms with van der Waals surface area (Å²) in [7, 11) is 0. The van der Waals surface area contributed by atoms with Crippen LogP contribution in [0.4, 0.5) is 8.78 Å². The lowest BCUT2D eigenvalue weighted by molar-refractivity contribution is 0.507. The molecule has 0 fully saturated rings. The number of nitrogens with zero attached hydrogens (tertiary/aromatic N) is 1. The van der Waals surface area contributed by atoms with E-state index in [0.29, 0.717) is 16.9 Å². The molecule has 2 rings (SSSR count). The first-order valence-corrected chi connectivity index (χ1v) is 6.10. The van der Waals surface area contributed by atoms with Crippen molar-refractivity contribution < 1.29 is 8.78 Å². The number of hydrogen-bond donors (Lipinski definition) is 0. The van der Waals surface area contributed by atoms with Crippen LogP contribution in [-0.2, 0) is 0 Å². The van der Waals surface area contributed by atoms with Gasteiger partial charge in [-0.05, 0) is 31.0 Å². The second-order valence-electron chi connectivity index (χ2n) is 4.82. The minimum Gasteiger partial charge on any atom is -0.281 e. The van der Waals surface area contributed by atoms with Gasteiger partial charge >= 0.3 is 0 Å². The molecule has 0 saturated heterocycles. The normalized spacial score (nSPS) is 11.1. The highest BCUT2D eigenvalue weighted by Gasteiger charge is 2.12. The maximum absolute atomic E-state index is 13.3. The molecule has 0 N–H and O–H groups in total. The van der Waals surface area contributed by atoms with Crippen LogP contribution in [0.15, 0.2) is 35.1 Å². The van der Waals surface area contributed by atoms with Crippen LogP contribution in [0.25, 0.3) is 5.69 Å². The summed E-state index contributed by atoms with van der Waals surface area (Å²) in [5.74, 6) is -1.81. The van der Waals surface area contributed by atoms with Gasteiger partial charge in [0.15, 0.2) is 11.6 Å². The predicted molar refractivity (Wildman–Crippen MR) is 70.8 cm³/mol. The molecular weight excluding hydrogens is 248 g/mol. The van der Waals surface area contributed by atoms with Gasteiger partial charge in [-0.25, -0.2) is 8.78 Å². The minimum absolute atomic E-state index is 0.0737. The van der Waals surface area contributed by atoms with E-state index in [-0.39, 0.29) is 11.5 Å². The molecule has 0 saturated carbocycles. The molecule has 0 amide bonds. The molecule has 1 heterocycles. The van der Waals surface area contributed by atoms with Gasteiger partial charge in [-0.1, -0.05) is 19.9 Å². The van der Waals surface area contributed by atoms with E-state index in [2.05, 4.69) is 0 Å². The van der Waals surface area contributed by atoms with Crippen molar-refractivity contribution in [3.63, 3.8) is 0 Å². The topological polar surface area (TPSA) is 22.0 Å². The van der Waals surface area contributed by atoms with E-state index in [4.69, 9.17) is 0 Å². The molecule has 0 aliphatic rings. The van der Waals surface area contributed by atoms with Crippen LogP contribution >= 0.6 is 0 Å². The summed E-state index contributed by atoms with van der Waals surface area (Å²) in [4.78, 5) is 12.4. The zero-order valence-electron chi connectivity index (χ0n) is 11.1. The Balaban J connectivity index is 2.71. The number of benzene rings is 1. The number of hydrogen-bond acceptors (Lipinski definition) is 1. The third-order valence-electron chi connectivity index (χ3n) is 3.09. The fourth-order valence-electron chi connectivity index (χ4n) is 2.03. The lowest BCUT2D eigenvalue weighted by atomic mass is 10.0. The van der Waals surface area contributed by atoms with Crippen molar-refractivity contribution in [3.05, 3.63) is 63.6 Å². The molecule has 0 bridgehead atoms. The van der Waals surface area contributed by atoms with Crippen LogP contribution in [0.5, 0.6) is 0 Å². The molecule has 1 aromatic carbocycles. The lowest BCUT2D eigenvalue weighted by Gasteiger charge is -2.13. The van der Waals surface area contributed by atoms with E-state index in [1.807, 2.05) is 13.8 Å². The molecule has 4 heteroatoms. The van der Waals surface area contributed by atoms with Crippen LogP contribution < -0.4 is 5.56 Å². The fourth-order valence-corrected chi connectivity index (χ4v) is 2.03. The predicted octanol–water partition coefficient (Wildman–Crippen LogP) is 3.55. The van der Waals surface area contributed by atoms with Gasteiger partial charge in [-0.15, -0.1) is 0 Å². The summed E-state index contributed by atoms with van der Waals surface area (Å²) in [5.41, 5.74) is 1.47. The highest BCUT2D eigenvalue weighted by atomic mass is 19.2. The third kappa shape index (κ3) is 2.43. The molecule has 2 nitrogen and oxygen atoms in total. The minimum atomic E-state index is -0.959. The lowest BCUT2D eigenvalue weighted by Crippen LogP contribution is -2.24. The molecule has 0 aliphatic carbocycles. The molecule has 100 valence electrons. The number of halogens is 2. The smallest absolute Gasteiger partial charge is 0.258 e. The Labute approximate surface area is 110 Å². The molecule has 0 spiro atoms. The monoisotopic (exact) mass is 263 g/mol. The highest BCUT2D eigenvalue weighted by molar-refractivity contribution is 5.36. The molecule has 0 aliphatic heterocycles. The summed E-state index contributed by atoms with van der Waals surface area (Å²) in [6, 6.07) is 7.04. The molecular formula is C15H15F2NO. The van der Waals surface area contributed by atoms with E-state index in [9.17, 15) is 13.6 Å². The Morgan fingerprint density at radius 2 is 1.74 bits per heavy atom. The van der Waals surface area contributed by atoms with Gasteiger partial charge in [-0.2, -0.15) is 0 Å². The summed E-state index contributed by atoms with van der Waals surface area (Å²) in [5, 5.41) is 0. The number of aryl methyl sites for hydroxylation is 1. The molecule has 0 radical (unpaired) electrons. The third-order valence-corrected chi connectivity index (χ3v) is 3.09. The maximum Gasteiger partial charge on any atom is 0.258 e. The molecule has 2 aromatic rings. The van der Waals surface area contributed by atoms with Crippen LogP contribution in [0.3, 0.4) is 0 Å². The standard InChI is InChI=1S/C15H15F2NO/c1-9(2)12-6-4-10(3)18(15(12)19)11-5-7-13(16)14(17)8-11/h4-9H,1-3H3. The van der Waals surface area contributed by atoms with Gasteiger partial charge in [0.05, 0.1) is 5.69 Å². The van der Waals surface area contributed by atoms with Crippen molar-refractivity contribution in [1.29, 1.82) is 0 Å². The van der Waals surface area contributed by atoms with E-state index >= 15 is 0 Å². The van der Waals surface area contributed by atoms with Crippen LogP contribution in [0, 0.1) is 18.6 Å². The summed E-state index contributed by atoms with van der Waals surface area (Å²) in [6.07, 6.45) is 0. The first kappa shape index (κ1) is 13.5. The summed E-state index contributed by atoms with van der Waals surface area (Å²) >= 11 is 0. The zero-order chi connectivity index (χ0) is 14.2. The number of aromatic nitrogens is 1. The quantitative estimate of drug-likeness (QED) is 0.812. The maximum atomic E-state index is 13.3. The Kier molecular flexibility index (Phi) is 3.51. The van der Waals surface area contributed by atoms with Gasteiger partial charge in [0.2, 0.25) is 0 Å². The number of pyridine rings is 1. The van der Waals surface area contributed by atoms with Crippen LogP contribution in [0.1, 0.15) is 31.0 Å². The van der Waals surface area contributed by atoms with Crippen molar-refractivity contribution in [1.82, 2.24) is 4.57 Å². The van der Waals surface area contributed by atoms with Crippen molar-refractivity contribution in [3.8, 4) is 5.69 Å². The van der Waals surface area contributed by atoms with Crippen molar-refractivity contribution in [2.45, 2.75) is 26.7 Å². The highest BCUT2D eigenvalue weighted by Crippen LogP contribution is 2.16. The zero-order valence-corrected chi connectivity index (χ0v) is 11.1. The molecule has 0 unspecified atom stereocenters. The number of rotatable bonds is 2. The van der Waals surface area contributed by atoms with Gasteiger partial charge in [0.1, 0.15) is 0 Å². The Bertz CT molecular complexity index is 674. The van der Waals surface area contributed by atoms with Gasteiger partial charge in [0, 0.05) is 17.3 Å². The van der Waals surface area contributed by atoms with Gasteiger partial charge in [-0.3, -0.25) is 9.36 Å². The summed E-state index contributed by atoms with van der Waals surface area (Å²) in [6.45, 7) is 5.59. The Morgan fingerprint density at radius 1 is 1.05 bits per heavy atom. The Hall–Kier alpha value is -1.97. The van der Waals surface area contributed by atoms with E-state index < -0.39 is 11.6 Å². The molecule has 1 aromatic heterocycles. The SMILES string of the molecule is Cc1ccc(C(C)C)c(=O)n1-c1ccc(F)c(F)c1. The second kappa shape index (κ2) is 4.96. The first-order valence-electron chi connectivity index (χ1n) is 6.10. The first-order chi connectivity index (χ1) is 8.91. The largest absolute Gasteiger partial charge is 0.281 e. The average molecular weight is 263 g/mol. The van der Waals surface area contributed by atoms with Gasteiger partial charge < -0.3 is 0 Å². The van der Waals surface area contributed by atoms with E-state index in [1.165, 1.54) is 10.6 Å². The van der Waals surface area contributed by atoms with E-state index in [0.717, 1.165) is 12.1 Å². The van der Waals surface area contributed by atoms with Crippen molar-refractivity contribution in [2.24, 2.45) is 0 Å². The summed E-state index contributed by atoms with van der Waals surface area (Å²) < 4.78 is 27.7. The van der Waals surface area contributed by atoms with Crippen LogP contribution in [0.2, 0.25) is 0 Å². The molecule has 19 heavy (non-hydrogen) atoms. The van der Waals surface area contributed by atoms with E-state index in [1.54, 1.807) is 19.1 Å².